The third kappa shape index (κ3) is 14.2. The van der Waals surface area contributed by atoms with Crippen LogP contribution in [0.2, 0.25) is 17.7 Å². The predicted octanol–water partition coefficient (Wildman–Crippen LogP) is 10.7. The van der Waals surface area contributed by atoms with Gasteiger partial charge >= 0.3 is 194 Å². The van der Waals surface area contributed by atoms with Crippen LogP contribution in [0.4, 0.5) is 0 Å². The Balaban J connectivity index is 1.74. The first-order valence-corrected chi connectivity index (χ1v) is 24.3. The van der Waals surface area contributed by atoms with Crippen LogP contribution in [-0.4, -0.2) is 44.3 Å². The molecule has 0 saturated carbocycles. The van der Waals surface area contributed by atoms with Gasteiger partial charge in [-0.3, -0.25) is 0 Å². The molecule has 4 heteroatoms. The Morgan fingerprint density at radius 1 is 1.02 bits per heavy atom. The number of rotatable bonds is 22. The Bertz CT molecular complexity index is 838. The molecule has 1 aliphatic heterocycles. The Hall–Kier alpha value is -1.04. The van der Waals surface area contributed by atoms with Gasteiger partial charge in [-0.15, -0.1) is 0 Å². The van der Waals surface area contributed by atoms with Crippen molar-refractivity contribution >= 4 is 18.4 Å². The van der Waals surface area contributed by atoms with Crippen molar-refractivity contribution in [1.82, 2.24) is 0 Å². The zero-order valence-corrected chi connectivity index (χ0v) is 29.5. The van der Waals surface area contributed by atoms with Gasteiger partial charge in [0, 0.05) is 0 Å². The van der Waals surface area contributed by atoms with Gasteiger partial charge in [-0.05, 0) is 17.7 Å². The first-order valence-electron chi connectivity index (χ1n) is 16.3. The van der Waals surface area contributed by atoms with Gasteiger partial charge in [0.1, 0.15) is 5.75 Å². The first kappa shape index (κ1) is 35.2. The van der Waals surface area contributed by atoms with Gasteiger partial charge in [-0.1, -0.05) is 12.1 Å². The Morgan fingerprint density at radius 3 is 2.27 bits per heavy atom. The molecule has 0 amide bonds. The molecule has 3 atom stereocenters. The molecule has 0 N–H and O–H groups in total. The van der Waals surface area contributed by atoms with Gasteiger partial charge in [0.05, 0.1) is 13.7 Å². The van der Waals surface area contributed by atoms with E-state index in [4.69, 9.17) is 14.2 Å². The van der Waals surface area contributed by atoms with Gasteiger partial charge in [0.15, 0.2) is 0 Å². The fourth-order valence-electron chi connectivity index (χ4n) is 6.20. The van der Waals surface area contributed by atoms with Crippen LogP contribution in [0.15, 0.2) is 60.7 Å². The molecule has 0 radical (unpaired) electrons. The average molecular weight is 660 g/mol. The van der Waals surface area contributed by atoms with Gasteiger partial charge in [0.25, 0.3) is 0 Å². The number of ether oxygens (including phenoxy) is 3. The molecule has 0 aromatic heterocycles. The quantitative estimate of drug-likeness (QED) is 0.0705. The van der Waals surface area contributed by atoms with Crippen molar-refractivity contribution < 1.29 is 14.2 Å². The maximum absolute atomic E-state index is 6.49. The van der Waals surface area contributed by atoms with Crippen molar-refractivity contribution in [1.29, 1.82) is 0 Å². The van der Waals surface area contributed by atoms with Crippen molar-refractivity contribution in [3.8, 4) is 5.75 Å². The summed E-state index contributed by atoms with van der Waals surface area (Å²) in [4.78, 5) is 0. The number of allylic oxidation sites excluding steroid dienone is 1. The second-order valence-electron chi connectivity index (χ2n) is 12.3. The van der Waals surface area contributed by atoms with E-state index in [1.165, 1.54) is 49.4 Å². The van der Waals surface area contributed by atoms with Crippen molar-refractivity contribution in [2.45, 2.75) is 128 Å². The molecular weight excluding hydrogens is 599 g/mol. The molecule has 0 aliphatic carbocycles. The van der Waals surface area contributed by atoms with E-state index in [1.54, 1.807) is 26.0 Å². The summed E-state index contributed by atoms with van der Waals surface area (Å²) in [6.45, 7) is 15.4. The molecule has 1 heterocycles. The van der Waals surface area contributed by atoms with Crippen LogP contribution in [-0.2, 0) is 16.1 Å². The summed E-state index contributed by atoms with van der Waals surface area (Å²) >= 11 is -2.15. The molecular formula is C36H60O3Sn. The van der Waals surface area contributed by atoms with Crippen molar-refractivity contribution in [3.63, 3.8) is 0 Å². The topological polar surface area (TPSA) is 27.7 Å². The van der Waals surface area contributed by atoms with Crippen LogP contribution in [0.5, 0.6) is 5.75 Å². The predicted molar refractivity (Wildman–Crippen MR) is 176 cm³/mol. The summed E-state index contributed by atoms with van der Waals surface area (Å²) in [6.07, 6.45) is 22.0. The van der Waals surface area contributed by atoms with Crippen LogP contribution in [0.1, 0.15) is 97.5 Å². The molecule has 0 fully saturated rings. The van der Waals surface area contributed by atoms with Gasteiger partial charge in [0.2, 0.25) is 0 Å². The van der Waals surface area contributed by atoms with E-state index < -0.39 is 18.4 Å². The maximum atomic E-state index is 6.49. The standard InChI is InChI=1S/C24H33O3.3C4H9.Sn/c1-19(2)16-20(3)17-24-10-7-9-23(27-24)8-5-6-15-26-18-21-11-13-22(25-4)14-12-21;3*1-3-4-2;/h5-7,9,11-14,20,23-24H,1-2,8,10,15-18H2,3-4H3;3*1,3-4H2,2H3;/b6-5-;;;;/t20-,23+,24-;;;;/m0..../s1. The van der Waals surface area contributed by atoms with E-state index in [0.717, 1.165) is 30.6 Å². The summed E-state index contributed by atoms with van der Waals surface area (Å²) in [5.41, 5.74) is 2.72. The van der Waals surface area contributed by atoms with Gasteiger partial charge in [-0.25, -0.2) is 0 Å². The monoisotopic (exact) mass is 660 g/mol. The molecule has 2 rings (SSSR count). The number of unbranched alkanes of at least 4 members (excludes halogenated alkanes) is 3. The molecule has 40 heavy (non-hydrogen) atoms. The van der Waals surface area contributed by atoms with E-state index in [9.17, 15) is 0 Å². The molecule has 3 nitrogen and oxygen atoms in total. The van der Waals surface area contributed by atoms with E-state index in [-0.39, 0.29) is 6.10 Å². The first-order chi connectivity index (χ1) is 19.4. The molecule has 226 valence electrons. The summed E-state index contributed by atoms with van der Waals surface area (Å²) in [6, 6.07) is 8.03. The summed E-state index contributed by atoms with van der Waals surface area (Å²) in [5.74, 6) is 1.51. The van der Waals surface area contributed by atoms with Crippen LogP contribution in [0.25, 0.3) is 0 Å². The summed E-state index contributed by atoms with van der Waals surface area (Å²) < 4.78 is 23.7. The van der Waals surface area contributed by atoms with E-state index in [0.29, 0.717) is 25.2 Å². The number of benzene rings is 1. The second kappa shape index (κ2) is 20.8. The van der Waals surface area contributed by atoms with Crippen molar-refractivity contribution in [3.05, 3.63) is 66.3 Å². The average Bonchev–Trinajstić information content (AvgIpc) is 2.96. The summed E-state index contributed by atoms with van der Waals surface area (Å²) in [7, 11) is 1.69. The SMILES string of the molecule is C=C(C[C@H](C)C[C@@H]1CC=C[C@@H](C/C=C\COCc2ccc(OC)cc2)O1)[CH2][Sn]([CH2]CCC)([CH2]CCC)[CH2]CCC. The molecule has 0 spiro atoms. The number of hydrogen-bond acceptors (Lipinski definition) is 3. The van der Waals surface area contributed by atoms with Crippen LogP contribution >= 0.6 is 0 Å². The Morgan fingerprint density at radius 2 is 1.68 bits per heavy atom. The van der Waals surface area contributed by atoms with E-state index in [1.807, 2.05) is 24.3 Å². The van der Waals surface area contributed by atoms with Crippen LogP contribution in [0, 0.1) is 5.92 Å². The normalized spacial score (nSPS) is 18.3. The Kier molecular flexibility index (Phi) is 18.3. The van der Waals surface area contributed by atoms with Gasteiger partial charge < -0.3 is 9.47 Å². The van der Waals surface area contributed by atoms with Crippen LogP contribution in [0.3, 0.4) is 0 Å². The van der Waals surface area contributed by atoms with Crippen molar-refractivity contribution in [2.75, 3.05) is 13.7 Å². The molecule has 1 aromatic rings. The van der Waals surface area contributed by atoms with Crippen LogP contribution < -0.4 is 4.74 Å². The number of methoxy groups -OCH3 is 1. The third-order valence-electron chi connectivity index (χ3n) is 8.40. The fraction of sp³-hybridized carbons (Fsp3) is 0.667. The zero-order valence-electron chi connectivity index (χ0n) is 26.6. The Labute approximate surface area is 251 Å². The third-order valence-corrected chi connectivity index (χ3v) is 24.1. The minimum absolute atomic E-state index is 0.174. The number of hydrogen-bond donors (Lipinski definition) is 0. The second-order valence-corrected chi connectivity index (χ2v) is 26.2. The molecule has 1 aromatic carbocycles. The van der Waals surface area contributed by atoms with E-state index >= 15 is 0 Å². The summed E-state index contributed by atoms with van der Waals surface area (Å²) in [5, 5.41) is 0. The molecule has 0 saturated heterocycles. The van der Waals surface area contributed by atoms with Gasteiger partial charge in [-0.2, -0.15) is 0 Å². The van der Waals surface area contributed by atoms with E-state index in [2.05, 4.69) is 58.6 Å². The fourth-order valence-corrected chi connectivity index (χ4v) is 22.7. The molecule has 0 unspecified atom stereocenters. The molecule has 1 aliphatic rings. The zero-order chi connectivity index (χ0) is 29.1. The molecule has 0 bridgehead atoms. The van der Waals surface area contributed by atoms with Crippen molar-refractivity contribution in [2.24, 2.45) is 5.92 Å². The minimum atomic E-state index is -2.15.